The average Bonchev–Trinajstić information content (AvgIpc) is 3.22. The largest absolute Gasteiger partial charge is 0.468 e. The third-order valence-corrected chi connectivity index (χ3v) is 6.85. The van der Waals surface area contributed by atoms with Crippen molar-refractivity contribution in [1.82, 2.24) is 9.21 Å². The van der Waals surface area contributed by atoms with Gasteiger partial charge < -0.3 is 9.32 Å². The summed E-state index contributed by atoms with van der Waals surface area (Å²) in [5, 5.41) is 0.553. The lowest BCUT2D eigenvalue weighted by Gasteiger charge is -2.24. The number of halogens is 1. The zero-order valence-corrected chi connectivity index (χ0v) is 18.4. The molecule has 0 saturated heterocycles. The van der Waals surface area contributed by atoms with Crippen LogP contribution in [0.4, 0.5) is 0 Å². The normalized spacial score (nSPS) is 11.6. The molecule has 0 fully saturated rings. The van der Waals surface area contributed by atoms with Gasteiger partial charge in [0.1, 0.15) is 5.76 Å². The number of amides is 1. The monoisotopic (exact) mass is 446 g/mol. The topological polar surface area (TPSA) is 70.8 Å². The zero-order chi connectivity index (χ0) is 21.7. The van der Waals surface area contributed by atoms with Crippen molar-refractivity contribution in [3.05, 3.63) is 88.8 Å². The molecule has 1 aromatic heterocycles. The molecule has 0 atom stereocenters. The minimum absolute atomic E-state index is 0.0467. The Morgan fingerprint density at radius 3 is 2.33 bits per heavy atom. The van der Waals surface area contributed by atoms with Crippen LogP contribution in [-0.2, 0) is 27.9 Å². The van der Waals surface area contributed by atoms with Crippen molar-refractivity contribution in [2.75, 3.05) is 13.6 Å². The van der Waals surface area contributed by atoms with Crippen LogP contribution in [0, 0.1) is 6.92 Å². The molecule has 6 nitrogen and oxygen atoms in total. The predicted octanol–water partition coefficient (Wildman–Crippen LogP) is 4.09. The molecule has 0 unspecified atom stereocenters. The van der Waals surface area contributed by atoms with Gasteiger partial charge in [0.2, 0.25) is 15.9 Å². The van der Waals surface area contributed by atoms with Crippen LogP contribution in [0.1, 0.15) is 16.9 Å². The van der Waals surface area contributed by atoms with Gasteiger partial charge in [-0.15, -0.1) is 0 Å². The van der Waals surface area contributed by atoms with Gasteiger partial charge in [0.25, 0.3) is 0 Å². The first-order valence-corrected chi connectivity index (χ1v) is 11.2. The number of carbonyl (C=O) groups excluding carboxylic acids is 1. The number of hydrogen-bond donors (Lipinski definition) is 0. The number of carbonyl (C=O) groups is 1. The second-order valence-electron chi connectivity index (χ2n) is 7.01. The highest BCUT2D eigenvalue weighted by Crippen LogP contribution is 2.21. The molecular formula is C22H23ClN2O4S. The molecular weight excluding hydrogens is 424 g/mol. The van der Waals surface area contributed by atoms with Crippen molar-refractivity contribution in [3.8, 4) is 0 Å². The van der Waals surface area contributed by atoms with Crippen LogP contribution < -0.4 is 0 Å². The summed E-state index contributed by atoms with van der Waals surface area (Å²) in [7, 11) is -2.28. The number of likely N-dealkylation sites (N-methyl/N-ethyl adjacent to an activating group) is 1. The van der Waals surface area contributed by atoms with Gasteiger partial charge in [0.05, 0.1) is 24.2 Å². The van der Waals surface area contributed by atoms with Crippen LogP contribution in [0.2, 0.25) is 5.02 Å². The summed E-state index contributed by atoms with van der Waals surface area (Å²) in [4.78, 5) is 14.5. The third kappa shape index (κ3) is 5.30. The fourth-order valence-corrected chi connectivity index (χ4v) is 4.45. The maximum Gasteiger partial charge on any atom is 0.243 e. The minimum Gasteiger partial charge on any atom is -0.468 e. The maximum atomic E-state index is 13.2. The molecule has 0 radical (unpaired) electrons. The summed E-state index contributed by atoms with van der Waals surface area (Å²) >= 11 is 6.18. The Morgan fingerprint density at radius 1 is 1.00 bits per heavy atom. The number of nitrogens with zero attached hydrogens (tertiary/aromatic N) is 2. The molecule has 0 aliphatic carbocycles. The second-order valence-corrected chi connectivity index (χ2v) is 9.35. The molecule has 0 spiro atoms. The summed E-state index contributed by atoms with van der Waals surface area (Å²) in [6.07, 6.45) is 1.47. The molecule has 1 amide bonds. The Kier molecular flexibility index (Phi) is 6.97. The van der Waals surface area contributed by atoms with Gasteiger partial charge in [0, 0.05) is 18.6 Å². The smallest absolute Gasteiger partial charge is 0.243 e. The second kappa shape index (κ2) is 9.47. The summed E-state index contributed by atoms with van der Waals surface area (Å²) in [5.41, 5.74) is 1.73. The lowest BCUT2D eigenvalue weighted by atomic mass is 10.2. The van der Waals surface area contributed by atoms with Crippen molar-refractivity contribution >= 4 is 27.5 Å². The van der Waals surface area contributed by atoms with E-state index >= 15 is 0 Å². The van der Waals surface area contributed by atoms with E-state index in [1.54, 1.807) is 37.4 Å². The fourth-order valence-electron chi connectivity index (χ4n) is 2.90. The third-order valence-electron chi connectivity index (χ3n) is 4.67. The standard InChI is InChI=1S/C22H23ClN2O4S/c1-17-9-11-20(12-10-17)30(27,28)25(15-19-7-5-13-29-19)16-22(26)24(2)14-18-6-3-4-8-21(18)23/h3-13H,14-16H2,1-2H3. The Morgan fingerprint density at radius 2 is 1.70 bits per heavy atom. The molecule has 2 aromatic carbocycles. The van der Waals surface area contributed by atoms with Crippen LogP contribution in [0.15, 0.2) is 76.2 Å². The van der Waals surface area contributed by atoms with E-state index in [-0.39, 0.29) is 30.4 Å². The first-order chi connectivity index (χ1) is 14.3. The van der Waals surface area contributed by atoms with Crippen molar-refractivity contribution in [3.63, 3.8) is 0 Å². The SMILES string of the molecule is Cc1ccc(S(=O)(=O)N(CC(=O)N(C)Cc2ccccc2Cl)Cc2ccco2)cc1. The van der Waals surface area contributed by atoms with Crippen LogP contribution in [-0.4, -0.2) is 37.1 Å². The molecule has 30 heavy (non-hydrogen) atoms. The quantitative estimate of drug-likeness (QED) is 0.522. The summed E-state index contributed by atoms with van der Waals surface area (Å²) < 4.78 is 32.9. The lowest BCUT2D eigenvalue weighted by Crippen LogP contribution is -2.40. The van der Waals surface area contributed by atoms with E-state index in [0.29, 0.717) is 10.8 Å². The maximum absolute atomic E-state index is 13.2. The van der Waals surface area contributed by atoms with Gasteiger partial charge in [-0.2, -0.15) is 4.31 Å². The molecule has 0 bridgehead atoms. The van der Waals surface area contributed by atoms with Crippen LogP contribution >= 0.6 is 11.6 Å². The van der Waals surface area contributed by atoms with Gasteiger partial charge in [-0.25, -0.2) is 8.42 Å². The van der Waals surface area contributed by atoms with Crippen molar-refractivity contribution in [1.29, 1.82) is 0 Å². The average molecular weight is 447 g/mol. The van der Waals surface area contributed by atoms with Crippen molar-refractivity contribution in [2.24, 2.45) is 0 Å². The van der Waals surface area contributed by atoms with E-state index < -0.39 is 10.0 Å². The molecule has 0 aliphatic rings. The lowest BCUT2D eigenvalue weighted by molar-refractivity contribution is -0.130. The number of benzene rings is 2. The van der Waals surface area contributed by atoms with Gasteiger partial charge in [-0.1, -0.05) is 47.5 Å². The number of aryl methyl sites for hydroxylation is 1. The molecule has 8 heteroatoms. The van der Waals surface area contributed by atoms with Crippen molar-refractivity contribution < 1.29 is 17.6 Å². The molecule has 0 N–H and O–H groups in total. The highest BCUT2D eigenvalue weighted by atomic mass is 35.5. The molecule has 0 aliphatic heterocycles. The first kappa shape index (κ1) is 22.1. The molecule has 3 aromatic rings. The Bertz CT molecular complexity index is 1100. The first-order valence-electron chi connectivity index (χ1n) is 9.34. The predicted molar refractivity (Wildman–Crippen MR) is 115 cm³/mol. The molecule has 158 valence electrons. The number of rotatable bonds is 8. The Balaban J connectivity index is 1.82. The highest BCUT2D eigenvalue weighted by Gasteiger charge is 2.29. The molecule has 3 rings (SSSR count). The van der Waals surface area contributed by atoms with E-state index in [1.807, 2.05) is 25.1 Å². The van der Waals surface area contributed by atoms with Crippen molar-refractivity contribution in [2.45, 2.75) is 24.9 Å². The van der Waals surface area contributed by atoms with Crippen LogP contribution in [0.5, 0.6) is 0 Å². The summed E-state index contributed by atoms with van der Waals surface area (Å²) in [5.74, 6) is 0.101. The van der Waals surface area contributed by atoms with E-state index in [9.17, 15) is 13.2 Å². The van der Waals surface area contributed by atoms with E-state index in [0.717, 1.165) is 15.4 Å². The molecule has 0 saturated carbocycles. The molecule has 1 heterocycles. The van der Waals surface area contributed by atoms with E-state index in [2.05, 4.69) is 0 Å². The number of furan rings is 1. The Hall–Kier alpha value is -2.61. The van der Waals surface area contributed by atoms with Gasteiger partial charge in [-0.05, 0) is 42.8 Å². The van der Waals surface area contributed by atoms with E-state index in [4.69, 9.17) is 16.0 Å². The van der Waals surface area contributed by atoms with Gasteiger partial charge in [-0.3, -0.25) is 4.79 Å². The van der Waals surface area contributed by atoms with E-state index in [1.165, 1.54) is 23.3 Å². The fraction of sp³-hybridized carbons (Fsp3) is 0.227. The van der Waals surface area contributed by atoms with Crippen LogP contribution in [0.3, 0.4) is 0 Å². The van der Waals surface area contributed by atoms with Crippen LogP contribution in [0.25, 0.3) is 0 Å². The zero-order valence-electron chi connectivity index (χ0n) is 16.8. The summed E-state index contributed by atoms with van der Waals surface area (Å²) in [6.45, 7) is 1.79. The van der Waals surface area contributed by atoms with Gasteiger partial charge >= 0.3 is 0 Å². The highest BCUT2D eigenvalue weighted by molar-refractivity contribution is 7.89. The number of sulfonamides is 1. The van der Waals surface area contributed by atoms with Gasteiger partial charge in [0.15, 0.2) is 0 Å². The Labute approximate surface area is 181 Å². The summed E-state index contributed by atoms with van der Waals surface area (Å²) in [6, 6.07) is 17.1. The minimum atomic E-state index is -3.90. The number of hydrogen-bond acceptors (Lipinski definition) is 4.